The van der Waals surface area contributed by atoms with Crippen molar-refractivity contribution in [2.24, 2.45) is 17.8 Å². The Morgan fingerprint density at radius 3 is 2.22 bits per heavy atom. The van der Waals surface area contributed by atoms with E-state index in [0.29, 0.717) is 5.92 Å². The molecule has 0 aliphatic heterocycles. The van der Waals surface area contributed by atoms with E-state index >= 15 is 0 Å². The minimum atomic E-state index is -1.46. The van der Waals surface area contributed by atoms with Crippen LogP contribution in [0.15, 0.2) is 48.6 Å². The summed E-state index contributed by atoms with van der Waals surface area (Å²) in [6, 6.07) is 10.1. The minimum absolute atomic E-state index is 0.130. The largest absolute Gasteiger partial charge is 0.204 e. The fourth-order valence-electron chi connectivity index (χ4n) is 5.66. The zero-order valence-corrected chi connectivity index (χ0v) is 18.7. The lowest BCUT2D eigenvalue weighted by Gasteiger charge is -2.42. The summed E-state index contributed by atoms with van der Waals surface area (Å²) in [7, 11) is 0. The number of benzene rings is 2. The highest BCUT2D eigenvalue weighted by molar-refractivity contribution is 5.44. The van der Waals surface area contributed by atoms with Crippen molar-refractivity contribution in [3.63, 3.8) is 0 Å². The number of hydrogen-bond donors (Lipinski definition) is 0. The molecule has 0 N–H and O–H groups in total. The summed E-state index contributed by atoms with van der Waals surface area (Å²) in [5.41, 5.74) is 2.28. The molecule has 2 aromatic rings. The summed E-state index contributed by atoms with van der Waals surface area (Å²) < 4.78 is 39.8. The zero-order chi connectivity index (χ0) is 22.5. The van der Waals surface area contributed by atoms with Crippen LogP contribution in [0.4, 0.5) is 13.2 Å². The van der Waals surface area contributed by atoms with E-state index < -0.39 is 17.5 Å². The van der Waals surface area contributed by atoms with Gasteiger partial charge in [-0.05, 0) is 105 Å². The van der Waals surface area contributed by atoms with Gasteiger partial charge in [-0.1, -0.05) is 42.5 Å². The summed E-state index contributed by atoms with van der Waals surface area (Å²) in [4.78, 5) is 0. The summed E-state index contributed by atoms with van der Waals surface area (Å²) >= 11 is 0. The SMILES string of the molecule is C/C=C/CCC1CCC2CC(c3ccc(C#Cc4cc(F)c(F)c(F)c4)cc3)CCC2C1. The molecule has 4 atom stereocenters. The first-order valence-electron chi connectivity index (χ1n) is 11.9. The molecular formula is C29H31F3. The number of allylic oxidation sites excluding steroid dienone is 2. The van der Waals surface area contributed by atoms with Crippen molar-refractivity contribution in [2.45, 2.75) is 64.2 Å². The van der Waals surface area contributed by atoms with Crippen molar-refractivity contribution in [3.8, 4) is 11.8 Å². The zero-order valence-electron chi connectivity index (χ0n) is 18.7. The fourth-order valence-corrected chi connectivity index (χ4v) is 5.66. The van der Waals surface area contributed by atoms with E-state index in [4.69, 9.17) is 0 Å². The van der Waals surface area contributed by atoms with Crippen LogP contribution in [0.25, 0.3) is 0 Å². The van der Waals surface area contributed by atoms with Gasteiger partial charge in [-0.3, -0.25) is 0 Å². The van der Waals surface area contributed by atoms with E-state index in [1.165, 1.54) is 56.9 Å². The first-order valence-corrected chi connectivity index (χ1v) is 11.9. The fraction of sp³-hybridized carbons (Fsp3) is 0.448. The Balaban J connectivity index is 1.35. The maximum atomic E-state index is 13.3. The normalized spacial score (nSPS) is 25.2. The molecule has 3 heteroatoms. The van der Waals surface area contributed by atoms with Gasteiger partial charge < -0.3 is 0 Å². The van der Waals surface area contributed by atoms with Crippen molar-refractivity contribution in [1.29, 1.82) is 0 Å². The molecule has 4 rings (SSSR count). The van der Waals surface area contributed by atoms with E-state index in [0.717, 1.165) is 35.4 Å². The van der Waals surface area contributed by atoms with Crippen LogP contribution in [0.1, 0.15) is 80.9 Å². The van der Waals surface area contributed by atoms with Gasteiger partial charge >= 0.3 is 0 Å². The van der Waals surface area contributed by atoms with Crippen LogP contribution in [0.5, 0.6) is 0 Å². The van der Waals surface area contributed by atoms with Crippen molar-refractivity contribution >= 4 is 0 Å². The molecule has 4 unspecified atom stereocenters. The van der Waals surface area contributed by atoms with Crippen LogP contribution < -0.4 is 0 Å². The maximum absolute atomic E-state index is 13.3. The van der Waals surface area contributed by atoms with Gasteiger partial charge in [0.25, 0.3) is 0 Å². The van der Waals surface area contributed by atoms with Crippen LogP contribution >= 0.6 is 0 Å². The molecule has 2 saturated carbocycles. The van der Waals surface area contributed by atoms with Gasteiger partial charge in [0.2, 0.25) is 0 Å². The average Bonchev–Trinajstić information content (AvgIpc) is 2.81. The molecule has 0 saturated heterocycles. The van der Waals surface area contributed by atoms with Crippen LogP contribution in [0.3, 0.4) is 0 Å². The Hall–Kier alpha value is -2.47. The van der Waals surface area contributed by atoms with Gasteiger partial charge in [0.15, 0.2) is 17.5 Å². The Kier molecular flexibility index (Phi) is 7.40. The average molecular weight is 437 g/mol. The lowest BCUT2D eigenvalue weighted by atomic mass is 9.63. The molecule has 0 heterocycles. The number of hydrogen-bond acceptors (Lipinski definition) is 0. The van der Waals surface area contributed by atoms with Gasteiger partial charge in [-0.15, -0.1) is 0 Å². The molecule has 32 heavy (non-hydrogen) atoms. The van der Waals surface area contributed by atoms with Gasteiger partial charge in [0, 0.05) is 11.1 Å². The standard InChI is InChI=1S/C29H31F3/c1-2-3-4-5-21-10-13-26-19-25(15-14-24(26)16-21)23-11-8-20(9-12-23)6-7-22-17-27(30)29(32)28(31)18-22/h2-3,8-9,11-12,17-18,21,24-26H,4-5,10,13-16,19H2,1H3/b3-2+. The Morgan fingerprint density at radius 1 is 0.844 bits per heavy atom. The molecule has 0 aromatic heterocycles. The molecule has 0 radical (unpaired) electrons. The van der Waals surface area contributed by atoms with Gasteiger partial charge in [-0.25, -0.2) is 13.2 Å². The van der Waals surface area contributed by atoms with E-state index in [2.05, 4.69) is 43.0 Å². The second-order valence-electron chi connectivity index (χ2n) is 9.48. The third-order valence-corrected chi connectivity index (χ3v) is 7.42. The van der Waals surface area contributed by atoms with Crippen LogP contribution in [-0.2, 0) is 0 Å². The third kappa shape index (κ3) is 5.47. The minimum Gasteiger partial charge on any atom is -0.204 e. The highest BCUT2D eigenvalue weighted by Crippen LogP contribution is 2.48. The highest BCUT2D eigenvalue weighted by atomic mass is 19.2. The first kappa shape index (κ1) is 22.7. The molecule has 168 valence electrons. The summed E-state index contributed by atoms with van der Waals surface area (Å²) in [6.45, 7) is 2.10. The Bertz CT molecular complexity index is 986. The third-order valence-electron chi connectivity index (χ3n) is 7.42. The van der Waals surface area contributed by atoms with Crippen LogP contribution in [0.2, 0.25) is 0 Å². The lowest BCUT2D eigenvalue weighted by molar-refractivity contribution is 0.115. The highest BCUT2D eigenvalue weighted by Gasteiger charge is 2.35. The van der Waals surface area contributed by atoms with Crippen LogP contribution in [-0.4, -0.2) is 0 Å². The predicted octanol–water partition coefficient (Wildman–Crippen LogP) is 8.16. The van der Waals surface area contributed by atoms with E-state index in [1.807, 2.05) is 12.1 Å². The Morgan fingerprint density at radius 2 is 1.50 bits per heavy atom. The topological polar surface area (TPSA) is 0 Å². The number of rotatable bonds is 4. The van der Waals surface area contributed by atoms with Crippen molar-refractivity contribution in [2.75, 3.05) is 0 Å². The van der Waals surface area contributed by atoms with E-state index in [1.54, 1.807) is 0 Å². The van der Waals surface area contributed by atoms with E-state index in [-0.39, 0.29) is 5.56 Å². The van der Waals surface area contributed by atoms with Crippen LogP contribution in [0, 0.1) is 47.0 Å². The molecule has 0 nitrogen and oxygen atoms in total. The lowest BCUT2D eigenvalue weighted by Crippen LogP contribution is -2.30. The molecule has 2 fully saturated rings. The van der Waals surface area contributed by atoms with Gasteiger partial charge in [0.1, 0.15) is 0 Å². The molecule has 0 spiro atoms. The molecular weight excluding hydrogens is 405 g/mol. The number of halogens is 3. The molecule has 2 aliphatic carbocycles. The second kappa shape index (κ2) is 10.4. The van der Waals surface area contributed by atoms with E-state index in [9.17, 15) is 13.2 Å². The summed E-state index contributed by atoms with van der Waals surface area (Å²) in [6.07, 6.45) is 15.1. The van der Waals surface area contributed by atoms with Crippen molar-refractivity contribution < 1.29 is 13.2 Å². The summed E-state index contributed by atoms with van der Waals surface area (Å²) in [5, 5.41) is 0. The Labute approximate surface area is 189 Å². The maximum Gasteiger partial charge on any atom is 0.194 e. The van der Waals surface area contributed by atoms with Gasteiger partial charge in [0.05, 0.1) is 0 Å². The van der Waals surface area contributed by atoms with Gasteiger partial charge in [-0.2, -0.15) is 0 Å². The molecule has 2 aromatic carbocycles. The molecule has 2 aliphatic rings. The number of fused-ring (bicyclic) bond motifs is 1. The first-order chi connectivity index (χ1) is 15.5. The van der Waals surface area contributed by atoms with Crippen molar-refractivity contribution in [3.05, 3.63) is 82.7 Å². The quantitative estimate of drug-likeness (QED) is 0.258. The molecule has 0 amide bonds. The molecule has 0 bridgehead atoms. The summed E-state index contributed by atoms with van der Waals surface area (Å²) in [5.74, 6) is 5.03. The predicted molar refractivity (Wildman–Crippen MR) is 124 cm³/mol. The second-order valence-corrected chi connectivity index (χ2v) is 9.48. The smallest absolute Gasteiger partial charge is 0.194 e. The van der Waals surface area contributed by atoms with Crippen molar-refractivity contribution in [1.82, 2.24) is 0 Å². The monoisotopic (exact) mass is 436 g/mol.